The van der Waals surface area contributed by atoms with Crippen LogP contribution in [0, 0.1) is 6.92 Å². The van der Waals surface area contributed by atoms with Gasteiger partial charge in [-0.2, -0.15) is 0 Å². The van der Waals surface area contributed by atoms with E-state index in [1.54, 1.807) is 19.1 Å². The zero-order chi connectivity index (χ0) is 16.7. The Labute approximate surface area is 142 Å². The first-order valence-corrected chi connectivity index (χ1v) is 8.36. The highest BCUT2D eigenvalue weighted by molar-refractivity contribution is 7.19. The van der Waals surface area contributed by atoms with Crippen LogP contribution in [0.25, 0.3) is 21.3 Å². The Kier molecular flexibility index (Phi) is 4.08. The zero-order valence-electron chi connectivity index (χ0n) is 13.0. The van der Waals surface area contributed by atoms with Crippen LogP contribution >= 0.6 is 22.9 Å². The minimum atomic E-state index is -0.530. The molecular weight excluding hydrogens is 332 g/mol. The molecule has 118 valence electrons. The molecular formula is C17H15ClN2O2S. The maximum Gasteiger partial charge on any atom is 0.263 e. The molecule has 4 nitrogen and oxygen atoms in total. The molecule has 0 amide bonds. The van der Waals surface area contributed by atoms with Crippen molar-refractivity contribution in [2.75, 3.05) is 0 Å². The van der Waals surface area contributed by atoms with Crippen molar-refractivity contribution in [3.63, 3.8) is 0 Å². The molecule has 3 aromatic rings. The summed E-state index contributed by atoms with van der Waals surface area (Å²) in [6.45, 7) is 5.15. The van der Waals surface area contributed by atoms with Crippen LogP contribution in [0.5, 0.6) is 0 Å². The quantitative estimate of drug-likeness (QED) is 0.712. The molecule has 2 heterocycles. The number of thiophene rings is 1. The van der Waals surface area contributed by atoms with Gasteiger partial charge in [0, 0.05) is 15.5 Å². The summed E-state index contributed by atoms with van der Waals surface area (Å²) in [5, 5.41) is 1.21. The number of aryl methyl sites for hydroxylation is 1. The molecule has 0 N–H and O–H groups in total. The number of hydrogen-bond donors (Lipinski definition) is 0. The largest absolute Gasteiger partial charge is 0.298 e. The van der Waals surface area contributed by atoms with Crippen LogP contribution in [0.1, 0.15) is 24.8 Å². The van der Waals surface area contributed by atoms with Crippen LogP contribution in [0.2, 0.25) is 5.02 Å². The Morgan fingerprint density at radius 1 is 1.30 bits per heavy atom. The van der Waals surface area contributed by atoms with Crippen LogP contribution in [-0.4, -0.2) is 15.3 Å². The van der Waals surface area contributed by atoms with Gasteiger partial charge in [0.15, 0.2) is 5.78 Å². The normalized spacial score (nSPS) is 12.5. The van der Waals surface area contributed by atoms with E-state index in [4.69, 9.17) is 11.6 Å². The van der Waals surface area contributed by atoms with Crippen molar-refractivity contribution in [1.82, 2.24) is 9.55 Å². The maximum absolute atomic E-state index is 12.9. The first-order valence-electron chi connectivity index (χ1n) is 7.16. The Hall–Kier alpha value is -1.98. The van der Waals surface area contributed by atoms with Crippen molar-refractivity contribution in [2.45, 2.75) is 26.8 Å². The number of carbonyl (C=O) groups is 1. The van der Waals surface area contributed by atoms with Gasteiger partial charge < -0.3 is 0 Å². The van der Waals surface area contributed by atoms with E-state index in [-0.39, 0.29) is 11.3 Å². The van der Waals surface area contributed by atoms with Gasteiger partial charge in [-0.25, -0.2) is 4.98 Å². The predicted molar refractivity (Wildman–Crippen MR) is 94.5 cm³/mol. The Morgan fingerprint density at radius 3 is 2.57 bits per heavy atom. The van der Waals surface area contributed by atoms with Crippen molar-refractivity contribution in [3.8, 4) is 11.1 Å². The molecule has 0 saturated carbocycles. The first-order chi connectivity index (χ1) is 10.9. The number of nitrogens with zero attached hydrogens (tertiary/aromatic N) is 2. The van der Waals surface area contributed by atoms with Crippen molar-refractivity contribution >= 4 is 38.9 Å². The lowest BCUT2D eigenvalue weighted by Crippen LogP contribution is -2.27. The van der Waals surface area contributed by atoms with Crippen LogP contribution in [0.4, 0.5) is 0 Å². The summed E-state index contributed by atoms with van der Waals surface area (Å²) in [6.07, 6.45) is 1.46. The third kappa shape index (κ3) is 2.71. The summed E-state index contributed by atoms with van der Waals surface area (Å²) in [4.78, 5) is 30.6. The lowest BCUT2D eigenvalue weighted by atomic mass is 10.0. The molecule has 1 unspecified atom stereocenters. The summed E-state index contributed by atoms with van der Waals surface area (Å²) in [7, 11) is 0. The molecule has 6 heteroatoms. The number of benzene rings is 1. The third-order valence-electron chi connectivity index (χ3n) is 3.95. The fraction of sp³-hybridized carbons (Fsp3) is 0.235. The lowest BCUT2D eigenvalue weighted by molar-refractivity contribution is -0.119. The monoisotopic (exact) mass is 346 g/mol. The molecule has 2 aromatic heterocycles. The lowest BCUT2D eigenvalue weighted by Gasteiger charge is -2.11. The SMILES string of the molecule is CC(=O)C(C)n1cnc2sc(C)c(-c3ccc(Cl)cc3)c2c1=O. The number of ketones is 1. The smallest absolute Gasteiger partial charge is 0.263 e. The van der Waals surface area contributed by atoms with Gasteiger partial charge in [-0.05, 0) is 38.5 Å². The fourth-order valence-electron chi connectivity index (χ4n) is 2.55. The Bertz CT molecular complexity index is 957. The average Bonchev–Trinajstić information content (AvgIpc) is 2.85. The van der Waals surface area contributed by atoms with Crippen LogP contribution in [0.3, 0.4) is 0 Å². The minimum absolute atomic E-state index is 0.0757. The van der Waals surface area contributed by atoms with Gasteiger partial charge in [-0.3, -0.25) is 14.2 Å². The number of Topliss-reactive ketones (excluding diaryl/α,β-unsaturated/α-hetero) is 1. The summed E-state index contributed by atoms with van der Waals surface area (Å²) in [6, 6.07) is 6.85. The van der Waals surface area contributed by atoms with E-state index in [9.17, 15) is 9.59 Å². The van der Waals surface area contributed by atoms with Crippen molar-refractivity contribution in [2.24, 2.45) is 0 Å². The van der Waals surface area contributed by atoms with Crippen LogP contribution in [-0.2, 0) is 4.79 Å². The van der Waals surface area contributed by atoms with Crippen LogP contribution < -0.4 is 5.56 Å². The molecule has 0 aliphatic carbocycles. The second kappa shape index (κ2) is 5.91. The number of halogens is 1. The topological polar surface area (TPSA) is 52.0 Å². The molecule has 0 saturated heterocycles. The second-order valence-corrected chi connectivity index (χ2v) is 7.10. The van der Waals surface area contributed by atoms with Gasteiger partial charge in [0.25, 0.3) is 5.56 Å². The van der Waals surface area contributed by atoms with E-state index in [1.165, 1.54) is 29.2 Å². The molecule has 23 heavy (non-hydrogen) atoms. The van der Waals surface area contributed by atoms with E-state index >= 15 is 0 Å². The summed E-state index contributed by atoms with van der Waals surface area (Å²) in [5.41, 5.74) is 1.60. The number of hydrogen-bond acceptors (Lipinski definition) is 4. The molecule has 1 atom stereocenters. The van der Waals surface area contributed by atoms with Gasteiger partial charge >= 0.3 is 0 Å². The molecule has 0 bridgehead atoms. The van der Waals surface area contributed by atoms with E-state index in [2.05, 4.69) is 4.98 Å². The molecule has 0 spiro atoms. The summed E-state index contributed by atoms with van der Waals surface area (Å²) in [5.74, 6) is -0.0757. The highest BCUT2D eigenvalue weighted by atomic mass is 35.5. The number of carbonyl (C=O) groups excluding carboxylic acids is 1. The fourth-order valence-corrected chi connectivity index (χ4v) is 3.68. The van der Waals surface area contributed by atoms with E-state index in [1.807, 2.05) is 19.1 Å². The van der Waals surface area contributed by atoms with Gasteiger partial charge in [0.2, 0.25) is 0 Å². The number of fused-ring (bicyclic) bond motifs is 1. The maximum atomic E-state index is 12.9. The highest BCUT2D eigenvalue weighted by Crippen LogP contribution is 2.35. The molecule has 0 aliphatic heterocycles. The average molecular weight is 347 g/mol. The van der Waals surface area contributed by atoms with E-state index in [0.717, 1.165) is 16.0 Å². The van der Waals surface area contributed by atoms with Crippen molar-refractivity contribution in [1.29, 1.82) is 0 Å². The van der Waals surface area contributed by atoms with Crippen molar-refractivity contribution < 1.29 is 4.79 Å². The van der Waals surface area contributed by atoms with Gasteiger partial charge in [0.1, 0.15) is 4.83 Å². The summed E-state index contributed by atoms with van der Waals surface area (Å²) < 4.78 is 1.40. The van der Waals surface area contributed by atoms with E-state index < -0.39 is 6.04 Å². The molecule has 3 rings (SSSR count). The molecule has 0 fully saturated rings. The molecule has 1 aromatic carbocycles. The van der Waals surface area contributed by atoms with Crippen LogP contribution in [0.15, 0.2) is 35.4 Å². The Balaban J connectivity index is 2.32. The van der Waals surface area contributed by atoms with Crippen molar-refractivity contribution in [3.05, 3.63) is 50.8 Å². The number of aromatic nitrogens is 2. The number of rotatable bonds is 3. The third-order valence-corrected chi connectivity index (χ3v) is 5.22. The molecule has 0 radical (unpaired) electrons. The minimum Gasteiger partial charge on any atom is -0.298 e. The molecule has 0 aliphatic rings. The zero-order valence-corrected chi connectivity index (χ0v) is 14.5. The highest BCUT2D eigenvalue weighted by Gasteiger charge is 2.20. The Morgan fingerprint density at radius 2 is 1.96 bits per heavy atom. The second-order valence-electron chi connectivity index (χ2n) is 5.46. The van der Waals surface area contributed by atoms with Gasteiger partial charge in [-0.1, -0.05) is 23.7 Å². The first kappa shape index (κ1) is 15.9. The standard InChI is InChI=1S/C17H15ClN2O2S/c1-9(10(2)21)20-8-19-16-15(17(20)22)14(11(3)23-16)12-4-6-13(18)7-5-12/h4-9H,1-3H3. The van der Waals surface area contributed by atoms with Gasteiger partial charge in [-0.15, -0.1) is 11.3 Å². The summed E-state index contributed by atoms with van der Waals surface area (Å²) >= 11 is 7.43. The predicted octanol–water partition coefficient (Wildman–Crippen LogP) is 4.24. The van der Waals surface area contributed by atoms with E-state index in [0.29, 0.717) is 15.2 Å². The van der Waals surface area contributed by atoms with Gasteiger partial charge in [0.05, 0.1) is 17.8 Å².